The van der Waals surface area contributed by atoms with Gasteiger partial charge >= 0.3 is 0 Å². The summed E-state index contributed by atoms with van der Waals surface area (Å²) in [7, 11) is 0. The first kappa shape index (κ1) is 8.06. The van der Waals surface area contributed by atoms with Crippen molar-refractivity contribution in [1.82, 2.24) is 0 Å². The predicted molar refractivity (Wildman–Crippen MR) is 44.8 cm³/mol. The Morgan fingerprint density at radius 2 is 2.10 bits per heavy atom. The maximum atomic E-state index is 5.97. The number of rotatable bonds is 3. The molecule has 0 bridgehead atoms. The Kier molecular flexibility index (Phi) is 2.04. The van der Waals surface area contributed by atoms with Crippen molar-refractivity contribution in [3.63, 3.8) is 0 Å². The normalized spacial score (nSPS) is 31.8. The highest BCUT2D eigenvalue weighted by Gasteiger charge is 2.48. The summed E-state index contributed by atoms with van der Waals surface area (Å²) < 4.78 is 0. The van der Waals surface area contributed by atoms with Gasteiger partial charge in [0.25, 0.3) is 0 Å². The van der Waals surface area contributed by atoms with Gasteiger partial charge in [-0.25, -0.2) is 0 Å². The molecular formula is C9H19N. The minimum atomic E-state index is 0.472. The molecule has 1 saturated carbocycles. The zero-order valence-corrected chi connectivity index (χ0v) is 7.35. The van der Waals surface area contributed by atoms with E-state index < -0.39 is 0 Å². The molecule has 0 spiro atoms. The lowest BCUT2D eigenvalue weighted by Gasteiger charge is -2.11. The average Bonchev–Trinajstić information content (AvgIpc) is 2.41. The van der Waals surface area contributed by atoms with Crippen LogP contribution in [0.25, 0.3) is 0 Å². The van der Waals surface area contributed by atoms with Gasteiger partial charge in [0.1, 0.15) is 0 Å². The van der Waals surface area contributed by atoms with Crippen molar-refractivity contribution in [2.45, 2.75) is 46.1 Å². The fraction of sp³-hybridized carbons (Fsp3) is 1.00. The molecule has 1 rings (SSSR count). The van der Waals surface area contributed by atoms with E-state index in [9.17, 15) is 0 Å². The zero-order valence-electron chi connectivity index (χ0n) is 7.35. The maximum absolute atomic E-state index is 5.97. The van der Waals surface area contributed by atoms with Crippen molar-refractivity contribution in [2.75, 3.05) is 0 Å². The van der Waals surface area contributed by atoms with Crippen LogP contribution in [0.4, 0.5) is 0 Å². The van der Waals surface area contributed by atoms with E-state index in [1.807, 2.05) is 0 Å². The van der Waals surface area contributed by atoms with E-state index in [4.69, 9.17) is 5.73 Å². The molecule has 1 heteroatoms. The fourth-order valence-electron chi connectivity index (χ4n) is 1.77. The molecule has 0 aromatic carbocycles. The van der Waals surface area contributed by atoms with Crippen molar-refractivity contribution in [2.24, 2.45) is 17.1 Å². The second kappa shape index (κ2) is 2.54. The van der Waals surface area contributed by atoms with Crippen LogP contribution in [0, 0.1) is 11.3 Å². The summed E-state index contributed by atoms with van der Waals surface area (Å²) >= 11 is 0. The molecule has 1 aliphatic carbocycles. The monoisotopic (exact) mass is 141 g/mol. The van der Waals surface area contributed by atoms with Crippen LogP contribution in [0.2, 0.25) is 0 Å². The molecular weight excluding hydrogens is 122 g/mol. The summed E-state index contributed by atoms with van der Waals surface area (Å²) in [5.74, 6) is 0.812. The highest BCUT2D eigenvalue weighted by atomic mass is 14.7. The van der Waals surface area contributed by atoms with E-state index in [1.165, 1.54) is 19.3 Å². The van der Waals surface area contributed by atoms with Gasteiger partial charge in [0.05, 0.1) is 0 Å². The van der Waals surface area contributed by atoms with Gasteiger partial charge in [-0.3, -0.25) is 0 Å². The lowest BCUT2D eigenvalue weighted by atomic mass is 10.0. The van der Waals surface area contributed by atoms with Crippen molar-refractivity contribution in [1.29, 1.82) is 0 Å². The van der Waals surface area contributed by atoms with Crippen LogP contribution < -0.4 is 5.73 Å². The first-order valence-corrected chi connectivity index (χ1v) is 4.33. The summed E-state index contributed by atoms with van der Waals surface area (Å²) in [6, 6.07) is 0.472. The first-order valence-electron chi connectivity index (χ1n) is 4.33. The Hall–Kier alpha value is -0.0400. The van der Waals surface area contributed by atoms with E-state index in [1.54, 1.807) is 0 Å². The molecule has 1 fully saturated rings. The summed E-state index contributed by atoms with van der Waals surface area (Å²) in [6.07, 6.45) is 3.77. The molecule has 1 unspecified atom stereocenters. The molecule has 0 aromatic heterocycles. The van der Waals surface area contributed by atoms with Crippen molar-refractivity contribution in [3.05, 3.63) is 0 Å². The van der Waals surface area contributed by atoms with Gasteiger partial charge in [0, 0.05) is 6.04 Å². The largest absolute Gasteiger partial charge is 0.327 e. The molecule has 0 amide bonds. The summed E-state index contributed by atoms with van der Waals surface area (Å²) in [6.45, 7) is 6.83. The molecule has 2 N–H and O–H groups in total. The van der Waals surface area contributed by atoms with Crippen LogP contribution in [-0.4, -0.2) is 6.04 Å². The Labute approximate surface area is 64.0 Å². The lowest BCUT2D eigenvalue weighted by Crippen LogP contribution is -2.24. The maximum Gasteiger partial charge on any atom is 0.00723 e. The van der Waals surface area contributed by atoms with Crippen molar-refractivity contribution >= 4 is 0 Å². The lowest BCUT2D eigenvalue weighted by molar-refractivity contribution is 0.454. The molecule has 0 aromatic rings. The third kappa shape index (κ3) is 1.51. The van der Waals surface area contributed by atoms with Crippen LogP contribution in [0.3, 0.4) is 0 Å². The molecule has 0 saturated heterocycles. The summed E-state index contributed by atoms with van der Waals surface area (Å²) in [4.78, 5) is 0. The van der Waals surface area contributed by atoms with Crippen molar-refractivity contribution < 1.29 is 0 Å². The van der Waals surface area contributed by atoms with Crippen LogP contribution in [0.5, 0.6) is 0 Å². The van der Waals surface area contributed by atoms with E-state index in [-0.39, 0.29) is 0 Å². The van der Waals surface area contributed by atoms with E-state index >= 15 is 0 Å². The SMILES string of the molecule is CCC[C@@H](N)C1CC1(C)C. The predicted octanol–water partition coefficient (Wildman–Crippen LogP) is 2.16. The summed E-state index contributed by atoms with van der Waals surface area (Å²) in [5, 5.41) is 0. The molecule has 1 aliphatic rings. The Bertz CT molecular complexity index is 118. The topological polar surface area (TPSA) is 26.0 Å². The standard InChI is InChI=1S/C9H19N/c1-4-5-8(10)7-6-9(7,2)3/h7-8H,4-6,10H2,1-3H3/t7?,8-/m1/s1. The molecule has 10 heavy (non-hydrogen) atoms. The third-order valence-corrected chi connectivity index (χ3v) is 2.73. The van der Waals surface area contributed by atoms with Gasteiger partial charge in [0.2, 0.25) is 0 Å². The van der Waals surface area contributed by atoms with Gasteiger partial charge < -0.3 is 5.73 Å². The number of hydrogen-bond acceptors (Lipinski definition) is 1. The fourth-order valence-corrected chi connectivity index (χ4v) is 1.77. The highest BCUT2D eigenvalue weighted by molar-refractivity contribution is 5.00. The van der Waals surface area contributed by atoms with Crippen LogP contribution in [0.1, 0.15) is 40.0 Å². The Balaban J connectivity index is 2.25. The molecule has 0 aliphatic heterocycles. The number of nitrogens with two attached hydrogens (primary N) is 1. The molecule has 1 nitrogen and oxygen atoms in total. The smallest absolute Gasteiger partial charge is 0.00723 e. The number of hydrogen-bond donors (Lipinski definition) is 1. The van der Waals surface area contributed by atoms with Gasteiger partial charge in [-0.2, -0.15) is 0 Å². The minimum absolute atomic E-state index is 0.472. The highest BCUT2D eigenvalue weighted by Crippen LogP contribution is 2.53. The average molecular weight is 141 g/mol. The van der Waals surface area contributed by atoms with E-state index in [0.29, 0.717) is 11.5 Å². The molecule has 2 atom stereocenters. The van der Waals surface area contributed by atoms with Crippen LogP contribution in [0.15, 0.2) is 0 Å². The van der Waals surface area contributed by atoms with Crippen LogP contribution in [-0.2, 0) is 0 Å². The molecule has 0 heterocycles. The van der Waals surface area contributed by atoms with E-state index in [0.717, 1.165) is 5.92 Å². The first-order chi connectivity index (χ1) is 4.58. The molecule has 60 valence electrons. The van der Waals surface area contributed by atoms with Crippen LogP contribution >= 0.6 is 0 Å². The minimum Gasteiger partial charge on any atom is -0.327 e. The second-order valence-electron chi connectivity index (χ2n) is 4.25. The van der Waals surface area contributed by atoms with E-state index in [2.05, 4.69) is 20.8 Å². The van der Waals surface area contributed by atoms with Crippen molar-refractivity contribution in [3.8, 4) is 0 Å². The van der Waals surface area contributed by atoms with Gasteiger partial charge in [0.15, 0.2) is 0 Å². The molecule has 0 radical (unpaired) electrons. The third-order valence-electron chi connectivity index (χ3n) is 2.73. The van der Waals surface area contributed by atoms with Gasteiger partial charge in [-0.1, -0.05) is 27.2 Å². The van der Waals surface area contributed by atoms with Gasteiger partial charge in [-0.05, 0) is 24.2 Å². The zero-order chi connectivity index (χ0) is 7.78. The Morgan fingerprint density at radius 3 is 2.40 bits per heavy atom. The quantitative estimate of drug-likeness (QED) is 0.640. The van der Waals surface area contributed by atoms with Gasteiger partial charge in [-0.15, -0.1) is 0 Å². The summed E-state index contributed by atoms with van der Waals surface area (Å²) in [5.41, 5.74) is 6.53. The Morgan fingerprint density at radius 1 is 1.60 bits per heavy atom. The second-order valence-corrected chi connectivity index (χ2v) is 4.25.